The molecule has 1 heterocycles. The second-order valence-corrected chi connectivity index (χ2v) is 7.98. The third-order valence-electron chi connectivity index (χ3n) is 4.64. The van der Waals surface area contributed by atoms with E-state index in [4.69, 9.17) is 4.74 Å². The van der Waals surface area contributed by atoms with Crippen molar-refractivity contribution in [1.82, 2.24) is 9.62 Å². The molecular weight excluding hydrogens is 312 g/mol. The van der Waals surface area contributed by atoms with Gasteiger partial charge in [0, 0.05) is 13.1 Å². The van der Waals surface area contributed by atoms with E-state index in [1.54, 1.807) is 13.2 Å². The Kier molecular flexibility index (Phi) is 6.06. The van der Waals surface area contributed by atoms with Crippen LogP contribution < -0.4 is 9.46 Å². The number of ether oxygens (including phenoxy) is 1. The number of hydrogen-bond acceptors (Lipinski definition) is 4. The van der Waals surface area contributed by atoms with Crippen LogP contribution in [0.2, 0.25) is 0 Å². The maximum atomic E-state index is 12.7. The molecule has 0 amide bonds. The van der Waals surface area contributed by atoms with Crippen LogP contribution in [0.3, 0.4) is 0 Å². The van der Waals surface area contributed by atoms with E-state index in [2.05, 4.69) is 9.62 Å². The number of likely N-dealkylation sites (tertiary alicyclic amines) is 1. The summed E-state index contributed by atoms with van der Waals surface area (Å²) in [6, 6.07) is 1.79. The number of nitrogens with one attached hydrogen (secondary N) is 1. The van der Waals surface area contributed by atoms with Gasteiger partial charge < -0.3 is 9.64 Å². The number of rotatable bonds is 6. The van der Waals surface area contributed by atoms with E-state index in [1.165, 1.54) is 19.3 Å². The molecule has 1 aliphatic rings. The Labute approximate surface area is 140 Å². The van der Waals surface area contributed by atoms with Crippen molar-refractivity contribution < 1.29 is 13.2 Å². The standard InChI is InChI=1S/C17H28N2O3S/c1-13-12-16(22-4)14(2)15(3)17(13)23(20,21)18-8-11-19-9-6-5-7-10-19/h12,18H,5-11H2,1-4H3. The fraction of sp³-hybridized carbons (Fsp3) is 0.647. The summed E-state index contributed by atoms with van der Waals surface area (Å²) in [4.78, 5) is 2.71. The SMILES string of the molecule is COc1cc(C)c(S(=O)(=O)NCCN2CCCCC2)c(C)c1C. The zero-order valence-corrected chi connectivity index (χ0v) is 15.4. The topological polar surface area (TPSA) is 58.6 Å². The van der Waals surface area contributed by atoms with Crippen LogP contribution in [0.25, 0.3) is 0 Å². The van der Waals surface area contributed by atoms with E-state index >= 15 is 0 Å². The maximum absolute atomic E-state index is 12.7. The van der Waals surface area contributed by atoms with Crippen molar-refractivity contribution in [3.8, 4) is 5.75 Å². The number of methoxy groups -OCH3 is 1. The zero-order valence-electron chi connectivity index (χ0n) is 14.6. The molecule has 0 aromatic heterocycles. The van der Waals surface area contributed by atoms with Gasteiger partial charge >= 0.3 is 0 Å². The molecule has 130 valence electrons. The second kappa shape index (κ2) is 7.64. The maximum Gasteiger partial charge on any atom is 0.241 e. The van der Waals surface area contributed by atoms with Crippen LogP contribution in [0.1, 0.15) is 36.0 Å². The molecule has 1 aliphatic heterocycles. The first-order chi connectivity index (χ1) is 10.9. The quantitative estimate of drug-likeness (QED) is 0.864. The highest BCUT2D eigenvalue weighted by Crippen LogP contribution is 2.30. The summed E-state index contributed by atoms with van der Waals surface area (Å²) in [5, 5.41) is 0. The molecule has 0 bridgehead atoms. The molecule has 0 saturated carbocycles. The number of hydrogen-bond donors (Lipinski definition) is 1. The molecule has 1 N–H and O–H groups in total. The smallest absolute Gasteiger partial charge is 0.241 e. The van der Waals surface area contributed by atoms with Gasteiger partial charge in [0.2, 0.25) is 10.0 Å². The van der Waals surface area contributed by atoms with Crippen molar-refractivity contribution in [2.75, 3.05) is 33.3 Å². The summed E-state index contributed by atoms with van der Waals surface area (Å²) in [5.74, 6) is 0.729. The molecule has 1 fully saturated rings. The van der Waals surface area contributed by atoms with Crippen molar-refractivity contribution in [3.05, 3.63) is 22.8 Å². The highest BCUT2D eigenvalue weighted by Gasteiger charge is 2.22. The Morgan fingerprint density at radius 1 is 1.13 bits per heavy atom. The Balaban J connectivity index is 2.11. The summed E-state index contributed by atoms with van der Waals surface area (Å²) in [6.07, 6.45) is 3.71. The average molecular weight is 340 g/mol. The number of nitrogens with zero attached hydrogens (tertiary/aromatic N) is 1. The van der Waals surface area contributed by atoms with Gasteiger partial charge in [-0.3, -0.25) is 0 Å². The average Bonchev–Trinajstić information content (AvgIpc) is 2.51. The summed E-state index contributed by atoms with van der Waals surface area (Å²) < 4.78 is 33.5. The summed E-state index contributed by atoms with van der Waals surface area (Å²) >= 11 is 0. The normalized spacial score (nSPS) is 16.5. The first-order valence-electron chi connectivity index (χ1n) is 8.23. The lowest BCUT2D eigenvalue weighted by Gasteiger charge is -2.26. The van der Waals surface area contributed by atoms with Crippen LogP contribution in [0, 0.1) is 20.8 Å². The van der Waals surface area contributed by atoms with E-state index in [0.717, 1.165) is 42.1 Å². The van der Waals surface area contributed by atoms with Crippen LogP contribution in [0.4, 0.5) is 0 Å². The Morgan fingerprint density at radius 3 is 2.39 bits per heavy atom. The molecule has 1 saturated heterocycles. The Hall–Kier alpha value is -1.11. The van der Waals surface area contributed by atoms with Gasteiger partial charge in [0.15, 0.2) is 0 Å². The van der Waals surface area contributed by atoms with Crippen molar-refractivity contribution in [1.29, 1.82) is 0 Å². The molecule has 23 heavy (non-hydrogen) atoms. The van der Waals surface area contributed by atoms with Crippen molar-refractivity contribution >= 4 is 10.0 Å². The summed E-state index contributed by atoms with van der Waals surface area (Å²) in [7, 11) is -1.90. The van der Waals surface area contributed by atoms with E-state index in [0.29, 0.717) is 11.4 Å². The van der Waals surface area contributed by atoms with Gasteiger partial charge in [0.1, 0.15) is 5.75 Å². The predicted octanol–water partition coefficient (Wildman–Crippen LogP) is 2.38. The lowest BCUT2D eigenvalue weighted by molar-refractivity contribution is 0.233. The highest BCUT2D eigenvalue weighted by molar-refractivity contribution is 7.89. The number of benzene rings is 1. The van der Waals surface area contributed by atoms with E-state index in [-0.39, 0.29) is 0 Å². The van der Waals surface area contributed by atoms with Gasteiger partial charge in [-0.05, 0) is 69.5 Å². The molecule has 6 heteroatoms. The first-order valence-corrected chi connectivity index (χ1v) is 9.72. The van der Waals surface area contributed by atoms with Crippen LogP contribution in [0.15, 0.2) is 11.0 Å². The fourth-order valence-electron chi connectivity index (χ4n) is 3.24. The minimum absolute atomic E-state index is 0.384. The van der Waals surface area contributed by atoms with Crippen molar-refractivity contribution in [2.45, 2.75) is 44.9 Å². The zero-order chi connectivity index (χ0) is 17.0. The monoisotopic (exact) mass is 340 g/mol. The molecule has 0 unspecified atom stereocenters. The molecular formula is C17H28N2O3S. The van der Waals surface area contributed by atoms with Crippen molar-refractivity contribution in [3.63, 3.8) is 0 Å². The third-order valence-corrected chi connectivity index (χ3v) is 6.39. The number of sulfonamides is 1. The summed E-state index contributed by atoms with van der Waals surface area (Å²) in [6.45, 7) is 8.90. The van der Waals surface area contributed by atoms with Gasteiger partial charge in [-0.2, -0.15) is 0 Å². The molecule has 1 aromatic carbocycles. The van der Waals surface area contributed by atoms with E-state index in [9.17, 15) is 8.42 Å². The molecule has 1 aromatic rings. The Morgan fingerprint density at radius 2 is 1.78 bits per heavy atom. The number of aryl methyl sites for hydroxylation is 1. The lowest BCUT2D eigenvalue weighted by Crippen LogP contribution is -2.38. The van der Waals surface area contributed by atoms with Gasteiger partial charge in [0.25, 0.3) is 0 Å². The van der Waals surface area contributed by atoms with Gasteiger partial charge in [-0.25, -0.2) is 13.1 Å². The minimum atomic E-state index is -3.50. The highest BCUT2D eigenvalue weighted by atomic mass is 32.2. The van der Waals surface area contributed by atoms with Gasteiger partial charge in [-0.1, -0.05) is 6.42 Å². The fourth-order valence-corrected chi connectivity index (χ4v) is 4.78. The molecule has 0 spiro atoms. The molecule has 2 rings (SSSR count). The molecule has 0 radical (unpaired) electrons. The predicted molar refractivity (Wildman–Crippen MR) is 92.7 cm³/mol. The lowest BCUT2D eigenvalue weighted by atomic mass is 10.1. The summed E-state index contributed by atoms with van der Waals surface area (Å²) in [5.41, 5.74) is 2.34. The first kappa shape index (κ1) is 18.2. The molecule has 0 aliphatic carbocycles. The third kappa shape index (κ3) is 4.25. The van der Waals surface area contributed by atoms with Gasteiger partial charge in [0.05, 0.1) is 12.0 Å². The second-order valence-electron chi connectivity index (χ2n) is 6.27. The van der Waals surface area contributed by atoms with Crippen molar-refractivity contribution in [2.24, 2.45) is 0 Å². The van der Waals surface area contributed by atoms with E-state index in [1.807, 2.05) is 20.8 Å². The van der Waals surface area contributed by atoms with Crippen LogP contribution >= 0.6 is 0 Å². The van der Waals surface area contributed by atoms with Crippen LogP contribution in [-0.4, -0.2) is 46.6 Å². The molecule has 0 atom stereocenters. The largest absolute Gasteiger partial charge is 0.496 e. The molecule has 5 nitrogen and oxygen atoms in total. The number of piperidine rings is 1. The van der Waals surface area contributed by atoms with E-state index < -0.39 is 10.0 Å². The van der Waals surface area contributed by atoms with Crippen LogP contribution in [-0.2, 0) is 10.0 Å². The van der Waals surface area contributed by atoms with Gasteiger partial charge in [-0.15, -0.1) is 0 Å². The Bertz CT molecular complexity index is 650. The van der Waals surface area contributed by atoms with Crippen LogP contribution in [0.5, 0.6) is 5.75 Å². The minimum Gasteiger partial charge on any atom is -0.496 e.